The molecule has 0 unspecified atom stereocenters. The molecule has 0 heterocycles. The van der Waals surface area contributed by atoms with Crippen LogP contribution < -0.4 is 21.1 Å². The smallest absolute Gasteiger partial charge is 0.262 e. The van der Waals surface area contributed by atoms with Crippen LogP contribution in [0.25, 0.3) is 0 Å². The number of amides is 3. The molecule has 4 N–H and O–H groups in total. The number of carbonyl (C=O) groups excluding carboxylic acids is 3. The number of nitrogens with one attached hydrogen (secondary N) is 2. The molecule has 0 radical (unpaired) electrons. The summed E-state index contributed by atoms with van der Waals surface area (Å²) in [6.45, 7) is 1.10. The van der Waals surface area contributed by atoms with E-state index in [0.717, 1.165) is 0 Å². The van der Waals surface area contributed by atoms with E-state index in [1.807, 2.05) is 0 Å². The maximum atomic E-state index is 12.0. The maximum absolute atomic E-state index is 12.0. The molecule has 8 heteroatoms. The number of anilines is 2. The Morgan fingerprint density at radius 1 is 1.04 bits per heavy atom. The monoisotopic (exact) mass is 361 g/mol. The SMILES string of the molecule is CC(=O)Nc1ccc(Cl)cc1NC(=O)COc1ccc(C(N)=O)cc1. The lowest BCUT2D eigenvalue weighted by Gasteiger charge is -2.12. The zero-order valence-corrected chi connectivity index (χ0v) is 14.1. The first-order valence-electron chi connectivity index (χ1n) is 7.25. The van der Waals surface area contributed by atoms with E-state index in [0.29, 0.717) is 27.7 Å². The molecule has 130 valence electrons. The van der Waals surface area contributed by atoms with Gasteiger partial charge in [-0.25, -0.2) is 0 Å². The van der Waals surface area contributed by atoms with Gasteiger partial charge < -0.3 is 21.1 Å². The highest BCUT2D eigenvalue weighted by atomic mass is 35.5. The first-order valence-corrected chi connectivity index (χ1v) is 7.62. The largest absolute Gasteiger partial charge is 0.484 e. The van der Waals surface area contributed by atoms with E-state index in [1.165, 1.54) is 37.3 Å². The first kappa shape index (κ1) is 18.3. The van der Waals surface area contributed by atoms with E-state index in [4.69, 9.17) is 22.1 Å². The number of benzene rings is 2. The van der Waals surface area contributed by atoms with Crippen molar-refractivity contribution in [3.05, 3.63) is 53.1 Å². The number of nitrogens with two attached hydrogens (primary N) is 1. The van der Waals surface area contributed by atoms with Crippen LogP contribution in [-0.2, 0) is 9.59 Å². The normalized spacial score (nSPS) is 10.0. The van der Waals surface area contributed by atoms with Gasteiger partial charge in [0, 0.05) is 17.5 Å². The third kappa shape index (κ3) is 5.50. The second-order valence-electron chi connectivity index (χ2n) is 5.10. The minimum absolute atomic E-state index is 0.262. The van der Waals surface area contributed by atoms with E-state index in [1.54, 1.807) is 12.1 Å². The number of primary amides is 1. The molecule has 7 nitrogen and oxygen atoms in total. The highest BCUT2D eigenvalue weighted by Gasteiger charge is 2.10. The summed E-state index contributed by atoms with van der Waals surface area (Å²) in [5.74, 6) is -0.847. The maximum Gasteiger partial charge on any atom is 0.262 e. The highest BCUT2D eigenvalue weighted by Crippen LogP contribution is 2.25. The Morgan fingerprint density at radius 2 is 1.72 bits per heavy atom. The molecule has 3 amide bonds. The lowest BCUT2D eigenvalue weighted by Crippen LogP contribution is -2.21. The fraction of sp³-hybridized carbons (Fsp3) is 0.118. The molecule has 0 aromatic heterocycles. The molecule has 2 aromatic rings. The second kappa shape index (κ2) is 8.16. The van der Waals surface area contributed by atoms with Crippen molar-refractivity contribution in [3.63, 3.8) is 0 Å². The molecule has 0 fully saturated rings. The molecule has 0 saturated carbocycles. The summed E-state index contributed by atoms with van der Waals surface area (Å²) in [5.41, 5.74) is 6.28. The number of ether oxygens (including phenoxy) is 1. The zero-order chi connectivity index (χ0) is 18.4. The molecule has 0 aliphatic heterocycles. The van der Waals surface area contributed by atoms with Crippen LogP contribution in [0, 0.1) is 0 Å². The van der Waals surface area contributed by atoms with Gasteiger partial charge in [0.05, 0.1) is 11.4 Å². The van der Waals surface area contributed by atoms with Crippen LogP contribution in [0.2, 0.25) is 5.02 Å². The Hall–Kier alpha value is -3.06. The Kier molecular flexibility index (Phi) is 5.97. The number of carbonyl (C=O) groups is 3. The fourth-order valence-corrected chi connectivity index (χ4v) is 2.14. The number of hydrogen-bond donors (Lipinski definition) is 3. The molecule has 2 rings (SSSR count). The van der Waals surface area contributed by atoms with Crippen LogP contribution in [-0.4, -0.2) is 24.3 Å². The average molecular weight is 362 g/mol. The molecule has 0 spiro atoms. The van der Waals surface area contributed by atoms with Gasteiger partial charge in [0.2, 0.25) is 11.8 Å². The van der Waals surface area contributed by atoms with Crippen LogP contribution >= 0.6 is 11.6 Å². The summed E-state index contributed by atoms with van der Waals surface area (Å²) in [6, 6.07) is 10.8. The predicted molar refractivity (Wildman–Crippen MR) is 94.8 cm³/mol. The first-order chi connectivity index (χ1) is 11.8. The van der Waals surface area contributed by atoms with Gasteiger partial charge in [0.25, 0.3) is 5.91 Å². The Labute approximate surface area is 149 Å². The minimum Gasteiger partial charge on any atom is -0.484 e. The van der Waals surface area contributed by atoms with Crippen LogP contribution in [0.1, 0.15) is 17.3 Å². The van der Waals surface area contributed by atoms with Crippen molar-refractivity contribution in [1.29, 1.82) is 0 Å². The topological polar surface area (TPSA) is 111 Å². The summed E-state index contributed by atoms with van der Waals surface area (Å²) in [4.78, 5) is 34.2. The Morgan fingerprint density at radius 3 is 2.32 bits per heavy atom. The van der Waals surface area contributed by atoms with E-state index >= 15 is 0 Å². The summed E-state index contributed by atoms with van der Waals surface area (Å²) in [7, 11) is 0. The van der Waals surface area contributed by atoms with Crippen molar-refractivity contribution in [2.24, 2.45) is 5.73 Å². The fourth-order valence-electron chi connectivity index (χ4n) is 1.97. The predicted octanol–water partition coefficient (Wildman–Crippen LogP) is 2.41. The van der Waals surface area contributed by atoms with Gasteiger partial charge in [0.1, 0.15) is 5.75 Å². The quantitative estimate of drug-likeness (QED) is 0.733. The number of rotatable bonds is 6. The van der Waals surface area contributed by atoms with Gasteiger partial charge in [-0.2, -0.15) is 0 Å². The standard InChI is InChI=1S/C17H16ClN3O4/c1-10(22)20-14-7-4-12(18)8-15(14)21-16(23)9-25-13-5-2-11(3-6-13)17(19)24/h2-8H,9H2,1H3,(H2,19,24)(H,20,22)(H,21,23). The van der Waals surface area contributed by atoms with Gasteiger partial charge in [-0.3, -0.25) is 14.4 Å². The Balaban J connectivity index is 1.99. The van der Waals surface area contributed by atoms with Crippen molar-refractivity contribution in [1.82, 2.24) is 0 Å². The molecule has 2 aromatic carbocycles. The van der Waals surface area contributed by atoms with Crippen molar-refractivity contribution >= 4 is 40.7 Å². The minimum atomic E-state index is -0.546. The highest BCUT2D eigenvalue weighted by molar-refractivity contribution is 6.31. The summed E-state index contributed by atoms with van der Waals surface area (Å²) in [5, 5.41) is 5.63. The summed E-state index contributed by atoms with van der Waals surface area (Å²) >= 11 is 5.92. The van der Waals surface area contributed by atoms with Gasteiger partial charge in [0.15, 0.2) is 6.61 Å². The molecular weight excluding hydrogens is 346 g/mol. The summed E-state index contributed by atoms with van der Waals surface area (Å²) in [6.07, 6.45) is 0. The van der Waals surface area contributed by atoms with Crippen LogP contribution in [0.3, 0.4) is 0 Å². The second-order valence-corrected chi connectivity index (χ2v) is 5.53. The molecule has 0 bridgehead atoms. The van der Waals surface area contributed by atoms with E-state index in [9.17, 15) is 14.4 Å². The molecular formula is C17H16ClN3O4. The van der Waals surface area contributed by atoms with Gasteiger partial charge in [-0.1, -0.05) is 11.6 Å². The molecule has 0 aliphatic rings. The molecule has 0 aliphatic carbocycles. The lowest BCUT2D eigenvalue weighted by atomic mass is 10.2. The number of hydrogen-bond acceptors (Lipinski definition) is 4. The Bertz CT molecular complexity index is 806. The molecule has 0 saturated heterocycles. The van der Waals surface area contributed by atoms with E-state index in [-0.39, 0.29) is 12.5 Å². The van der Waals surface area contributed by atoms with Crippen molar-refractivity contribution in [3.8, 4) is 5.75 Å². The van der Waals surface area contributed by atoms with Gasteiger partial charge >= 0.3 is 0 Å². The zero-order valence-electron chi connectivity index (χ0n) is 13.3. The van der Waals surface area contributed by atoms with Gasteiger partial charge in [-0.15, -0.1) is 0 Å². The lowest BCUT2D eigenvalue weighted by molar-refractivity contribution is -0.118. The van der Waals surface area contributed by atoms with Crippen LogP contribution in [0.4, 0.5) is 11.4 Å². The third-order valence-corrected chi connectivity index (χ3v) is 3.31. The molecule has 0 atom stereocenters. The van der Waals surface area contributed by atoms with Crippen LogP contribution in [0.5, 0.6) is 5.75 Å². The van der Waals surface area contributed by atoms with Gasteiger partial charge in [-0.05, 0) is 42.5 Å². The molecule has 25 heavy (non-hydrogen) atoms. The van der Waals surface area contributed by atoms with E-state index in [2.05, 4.69) is 10.6 Å². The van der Waals surface area contributed by atoms with Crippen LogP contribution in [0.15, 0.2) is 42.5 Å². The summed E-state index contributed by atoms with van der Waals surface area (Å²) < 4.78 is 5.34. The number of halogens is 1. The average Bonchev–Trinajstić information content (AvgIpc) is 2.55. The van der Waals surface area contributed by atoms with Crippen molar-refractivity contribution in [2.75, 3.05) is 17.2 Å². The van der Waals surface area contributed by atoms with Crippen molar-refractivity contribution in [2.45, 2.75) is 6.92 Å². The van der Waals surface area contributed by atoms with E-state index < -0.39 is 11.8 Å². The van der Waals surface area contributed by atoms with Crippen molar-refractivity contribution < 1.29 is 19.1 Å². The third-order valence-electron chi connectivity index (χ3n) is 3.08.